The van der Waals surface area contributed by atoms with Crippen molar-refractivity contribution in [3.8, 4) is 5.75 Å². The van der Waals surface area contributed by atoms with E-state index in [4.69, 9.17) is 16.3 Å². The van der Waals surface area contributed by atoms with Crippen LogP contribution in [-0.2, 0) is 10.0 Å². The Hall–Kier alpha value is -0.340. The molecule has 1 N–H and O–H groups in total. The summed E-state index contributed by atoms with van der Waals surface area (Å²) in [6.45, 7) is -0.153. The Morgan fingerprint density at radius 2 is 2.14 bits per heavy atom. The summed E-state index contributed by atoms with van der Waals surface area (Å²) in [6, 6.07) is 2.90. The molecule has 1 aromatic rings. The quantitative estimate of drug-likeness (QED) is 0.800. The Kier molecular flexibility index (Phi) is 5.54. The van der Waals surface area contributed by atoms with Gasteiger partial charge in [0.2, 0.25) is 10.0 Å². The minimum atomic E-state index is -3.78. The lowest BCUT2D eigenvalue weighted by Crippen LogP contribution is -2.45. The van der Waals surface area contributed by atoms with E-state index in [0.717, 1.165) is 19.3 Å². The summed E-state index contributed by atoms with van der Waals surface area (Å²) in [6.07, 6.45) is 2.62. The van der Waals surface area contributed by atoms with Crippen LogP contribution >= 0.6 is 27.5 Å². The minimum absolute atomic E-state index is 0.0183. The number of rotatable bonds is 6. The molecule has 0 spiro atoms. The first-order valence-corrected chi connectivity index (χ1v) is 9.18. The molecule has 0 aliphatic heterocycles. The fourth-order valence-electron chi connectivity index (χ4n) is 2.33. The third kappa shape index (κ3) is 3.37. The lowest BCUT2D eigenvalue weighted by Gasteiger charge is -2.36. The topological polar surface area (TPSA) is 66.8 Å². The molecule has 1 aromatic carbocycles. The molecule has 0 amide bonds. The number of hydrogen-bond acceptors (Lipinski definition) is 4. The first-order chi connectivity index (χ1) is 9.91. The highest BCUT2D eigenvalue weighted by Gasteiger charge is 2.36. The number of hydrogen-bond donors (Lipinski definition) is 1. The highest BCUT2D eigenvalue weighted by atomic mass is 79.9. The van der Waals surface area contributed by atoms with Gasteiger partial charge in [0.1, 0.15) is 4.90 Å². The van der Waals surface area contributed by atoms with Gasteiger partial charge in [-0.3, -0.25) is 0 Å². The molecule has 0 saturated heterocycles. The van der Waals surface area contributed by atoms with E-state index in [1.807, 2.05) is 0 Å². The van der Waals surface area contributed by atoms with Crippen LogP contribution in [-0.4, -0.2) is 44.1 Å². The van der Waals surface area contributed by atoms with E-state index in [9.17, 15) is 13.5 Å². The number of aliphatic hydroxyl groups is 1. The van der Waals surface area contributed by atoms with Gasteiger partial charge in [-0.15, -0.1) is 0 Å². The van der Waals surface area contributed by atoms with Gasteiger partial charge in [-0.1, -0.05) is 18.0 Å². The molecule has 1 aliphatic rings. The summed E-state index contributed by atoms with van der Waals surface area (Å²) in [5, 5.41) is 9.48. The average molecular weight is 399 g/mol. The van der Waals surface area contributed by atoms with Gasteiger partial charge in [-0.2, -0.15) is 4.31 Å². The van der Waals surface area contributed by atoms with Crippen LogP contribution in [0.15, 0.2) is 21.5 Å². The summed E-state index contributed by atoms with van der Waals surface area (Å²) < 4.78 is 32.8. The van der Waals surface area contributed by atoms with Gasteiger partial charge in [0, 0.05) is 17.6 Å². The van der Waals surface area contributed by atoms with Crippen molar-refractivity contribution in [2.75, 3.05) is 20.3 Å². The third-order valence-corrected chi connectivity index (χ3v) is 6.33. The van der Waals surface area contributed by atoms with E-state index < -0.39 is 10.0 Å². The fourth-order valence-corrected chi connectivity index (χ4v) is 5.37. The van der Waals surface area contributed by atoms with Gasteiger partial charge in [-0.25, -0.2) is 8.42 Å². The van der Waals surface area contributed by atoms with Gasteiger partial charge in [0.25, 0.3) is 0 Å². The van der Waals surface area contributed by atoms with Crippen molar-refractivity contribution in [1.82, 2.24) is 4.31 Å². The predicted octanol–water partition coefficient (Wildman–Crippen LogP) is 2.65. The second-order valence-corrected chi connectivity index (χ2v) is 7.99. The van der Waals surface area contributed by atoms with Crippen molar-refractivity contribution in [2.45, 2.75) is 30.2 Å². The maximum atomic E-state index is 12.9. The van der Waals surface area contributed by atoms with Crippen molar-refractivity contribution in [3.63, 3.8) is 0 Å². The van der Waals surface area contributed by atoms with Gasteiger partial charge in [0.05, 0.1) is 18.2 Å². The number of ether oxygens (including phenoxy) is 1. The zero-order chi connectivity index (χ0) is 15.6. The summed E-state index contributed by atoms with van der Waals surface area (Å²) in [5.41, 5.74) is 0. The molecule has 0 bridgehead atoms. The monoisotopic (exact) mass is 397 g/mol. The van der Waals surface area contributed by atoms with Crippen molar-refractivity contribution < 1.29 is 18.3 Å². The Morgan fingerprint density at radius 1 is 1.48 bits per heavy atom. The zero-order valence-corrected chi connectivity index (χ0v) is 14.7. The molecule has 0 radical (unpaired) electrons. The number of halogens is 2. The second kappa shape index (κ2) is 6.83. The maximum Gasteiger partial charge on any atom is 0.247 e. The summed E-state index contributed by atoms with van der Waals surface area (Å²) >= 11 is 9.24. The van der Waals surface area contributed by atoms with Gasteiger partial charge in [0.15, 0.2) is 5.75 Å². The van der Waals surface area contributed by atoms with E-state index in [1.54, 1.807) is 6.07 Å². The van der Waals surface area contributed by atoms with Gasteiger partial charge >= 0.3 is 0 Å². The molecule has 118 valence electrons. The van der Waals surface area contributed by atoms with Crippen molar-refractivity contribution in [1.29, 1.82) is 0 Å². The van der Waals surface area contributed by atoms with E-state index in [2.05, 4.69) is 15.9 Å². The van der Waals surface area contributed by atoms with Gasteiger partial charge in [-0.05, 0) is 40.9 Å². The first-order valence-electron chi connectivity index (χ1n) is 6.57. The van der Waals surface area contributed by atoms with E-state index in [-0.39, 0.29) is 29.8 Å². The summed E-state index contributed by atoms with van der Waals surface area (Å²) in [4.78, 5) is 0.0183. The Morgan fingerprint density at radius 3 is 2.62 bits per heavy atom. The molecule has 2 rings (SSSR count). The van der Waals surface area contributed by atoms with Crippen molar-refractivity contribution >= 4 is 37.6 Å². The number of benzene rings is 1. The number of methoxy groups -OCH3 is 1. The highest BCUT2D eigenvalue weighted by Crippen LogP contribution is 2.39. The molecule has 0 unspecified atom stereocenters. The third-order valence-electron chi connectivity index (χ3n) is 3.57. The number of sulfonamides is 1. The number of aliphatic hydroxyl groups excluding tert-OH is 1. The SMILES string of the molecule is COc1c(Br)cc(Cl)cc1S(=O)(=O)N(CCO)C1CCC1. The molecule has 0 heterocycles. The van der Waals surface area contributed by atoms with Crippen LogP contribution in [0.4, 0.5) is 0 Å². The Labute approximate surface area is 138 Å². The van der Waals surface area contributed by atoms with Crippen LogP contribution in [0, 0.1) is 0 Å². The highest BCUT2D eigenvalue weighted by molar-refractivity contribution is 9.10. The van der Waals surface area contributed by atoms with E-state index in [0.29, 0.717) is 9.50 Å². The van der Waals surface area contributed by atoms with Crippen molar-refractivity contribution in [2.24, 2.45) is 0 Å². The molecule has 8 heteroatoms. The van der Waals surface area contributed by atoms with Crippen LogP contribution in [0.1, 0.15) is 19.3 Å². The molecular formula is C13H17BrClNO4S. The second-order valence-electron chi connectivity index (χ2n) is 4.84. The summed E-state index contributed by atoms with van der Waals surface area (Å²) in [7, 11) is -2.37. The lowest BCUT2D eigenvalue weighted by atomic mass is 9.93. The largest absolute Gasteiger partial charge is 0.494 e. The molecule has 5 nitrogen and oxygen atoms in total. The normalized spacial score (nSPS) is 16.0. The zero-order valence-electron chi connectivity index (χ0n) is 11.6. The Balaban J connectivity index is 2.51. The van der Waals surface area contributed by atoms with Crippen molar-refractivity contribution in [3.05, 3.63) is 21.6 Å². The molecule has 1 saturated carbocycles. The standard InChI is InChI=1S/C13H17BrClNO4S/c1-20-13-11(14)7-9(15)8-12(13)21(18,19)16(5-6-17)10-3-2-4-10/h7-8,10,17H,2-6H2,1H3. The van der Waals surface area contributed by atoms with Crippen LogP contribution in [0.3, 0.4) is 0 Å². The molecule has 21 heavy (non-hydrogen) atoms. The molecule has 0 aromatic heterocycles. The average Bonchev–Trinajstić information content (AvgIpc) is 2.35. The van der Waals surface area contributed by atoms with Gasteiger partial charge < -0.3 is 9.84 Å². The molecular weight excluding hydrogens is 382 g/mol. The summed E-state index contributed by atoms with van der Waals surface area (Å²) in [5.74, 6) is 0.224. The van der Waals surface area contributed by atoms with E-state index >= 15 is 0 Å². The number of nitrogens with zero attached hydrogens (tertiary/aromatic N) is 1. The fraction of sp³-hybridized carbons (Fsp3) is 0.538. The Bertz CT molecular complexity index is 619. The molecule has 0 atom stereocenters. The molecule has 1 fully saturated rings. The first kappa shape index (κ1) is 17.0. The smallest absolute Gasteiger partial charge is 0.247 e. The molecule has 1 aliphatic carbocycles. The maximum absolute atomic E-state index is 12.9. The van der Waals surface area contributed by atoms with Crippen LogP contribution in [0.2, 0.25) is 5.02 Å². The lowest BCUT2D eigenvalue weighted by molar-refractivity contribution is 0.178. The van der Waals surface area contributed by atoms with Crippen LogP contribution in [0.5, 0.6) is 5.75 Å². The van der Waals surface area contributed by atoms with Crippen LogP contribution in [0.25, 0.3) is 0 Å². The minimum Gasteiger partial charge on any atom is -0.494 e. The predicted molar refractivity (Wildman–Crippen MR) is 84.3 cm³/mol. The van der Waals surface area contributed by atoms with E-state index in [1.165, 1.54) is 17.5 Å². The van der Waals surface area contributed by atoms with Crippen LogP contribution < -0.4 is 4.74 Å².